The van der Waals surface area contributed by atoms with Gasteiger partial charge in [0.05, 0.1) is 0 Å². The first-order valence-corrected chi connectivity index (χ1v) is 10.5. The third-order valence-corrected chi connectivity index (χ3v) is 5.66. The molecule has 0 nitrogen and oxygen atoms in total. The Kier molecular flexibility index (Phi) is 8.10. The lowest BCUT2D eigenvalue weighted by molar-refractivity contribution is 0.316. The highest BCUT2D eigenvalue weighted by Gasteiger charge is 2.17. The molecular weight excluding hydrogens is 324 g/mol. The normalized spacial score (nSPS) is 16.7. The minimum Gasteiger partial charge on any atom is -0.0958 e. The van der Waals surface area contributed by atoms with Crippen molar-refractivity contribution in [1.82, 2.24) is 0 Å². The van der Waals surface area contributed by atoms with Crippen LogP contribution in [0.5, 0.6) is 0 Å². The average Bonchev–Trinajstić information content (AvgIpc) is 2.61. The van der Waals surface area contributed by atoms with E-state index in [9.17, 15) is 0 Å². The summed E-state index contributed by atoms with van der Waals surface area (Å²) in [5.41, 5.74) is 9.15. The summed E-state index contributed by atoms with van der Waals surface area (Å²) in [6.07, 6.45) is 17.5. The van der Waals surface area contributed by atoms with Crippen molar-refractivity contribution < 1.29 is 0 Å². The minimum absolute atomic E-state index is 0.872. The van der Waals surface area contributed by atoms with Crippen molar-refractivity contribution >= 4 is 11.1 Å². The van der Waals surface area contributed by atoms with Crippen LogP contribution in [0.15, 0.2) is 66.3 Å². The van der Waals surface area contributed by atoms with E-state index in [1.807, 2.05) is 0 Å². The molecule has 0 radical (unpaired) electrons. The Hall–Kier alpha value is -2.08. The highest BCUT2D eigenvalue weighted by Crippen LogP contribution is 2.32. The Morgan fingerprint density at radius 3 is 2.41 bits per heavy atom. The molecule has 1 fully saturated rings. The zero-order valence-corrected chi connectivity index (χ0v) is 17.9. The minimum atomic E-state index is 0.872. The van der Waals surface area contributed by atoms with Gasteiger partial charge in [-0.3, -0.25) is 0 Å². The molecule has 0 aromatic heterocycles. The highest BCUT2D eigenvalue weighted by molar-refractivity contribution is 5.82. The summed E-state index contributed by atoms with van der Waals surface area (Å²) in [6.45, 7) is 15.1. The lowest BCUT2D eigenvalue weighted by Gasteiger charge is -2.25. The van der Waals surface area contributed by atoms with Crippen molar-refractivity contribution in [1.29, 1.82) is 0 Å². The molecular formula is C27H36. The Labute approximate surface area is 167 Å². The summed E-state index contributed by atoms with van der Waals surface area (Å²) in [5.74, 6) is 0.872. The molecule has 0 bridgehead atoms. The first-order valence-electron chi connectivity index (χ1n) is 10.5. The Bertz CT molecular complexity index is 776. The molecule has 1 aromatic rings. The van der Waals surface area contributed by atoms with Crippen LogP contribution < -0.4 is 0 Å². The van der Waals surface area contributed by atoms with Crippen molar-refractivity contribution in [2.24, 2.45) is 5.92 Å². The second kappa shape index (κ2) is 10.3. The molecule has 0 heterocycles. The van der Waals surface area contributed by atoms with Crippen LogP contribution in [0.3, 0.4) is 0 Å². The largest absolute Gasteiger partial charge is 0.0958 e. The second-order valence-corrected chi connectivity index (χ2v) is 7.76. The Morgan fingerprint density at radius 2 is 1.89 bits per heavy atom. The molecule has 0 amide bonds. The lowest BCUT2D eigenvalue weighted by atomic mass is 9.81. The quantitative estimate of drug-likeness (QED) is 0.408. The van der Waals surface area contributed by atoms with Crippen LogP contribution in [0, 0.1) is 12.8 Å². The summed E-state index contributed by atoms with van der Waals surface area (Å²) in [5, 5.41) is 0. The van der Waals surface area contributed by atoms with Crippen molar-refractivity contribution in [3.05, 3.63) is 83.0 Å². The fourth-order valence-electron chi connectivity index (χ4n) is 3.86. The first kappa shape index (κ1) is 21.2. The number of aryl methyl sites for hydroxylation is 1. The fraction of sp³-hybridized carbons (Fsp3) is 0.407. The SMILES string of the molecule is C=C(/C=C\C(=C/C)c1ccc(C(=C/C)/C(C)=C\CC)c(C)c1)CC1CCC1. The summed E-state index contributed by atoms with van der Waals surface area (Å²) in [7, 11) is 0. The van der Waals surface area contributed by atoms with E-state index in [4.69, 9.17) is 0 Å². The molecule has 0 atom stereocenters. The molecule has 0 unspecified atom stereocenters. The molecule has 27 heavy (non-hydrogen) atoms. The van der Waals surface area contributed by atoms with Gasteiger partial charge in [-0.05, 0) is 79.9 Å². The highest BCUT2D eigenvalue weighted by atomic mass is 14.2. The van der Waals surface area contributed by atoms with E-state index >= 15 is 0 Å². The molecule has 0 aliphatic heterocycles. The van der Waals surface area contributed by atoms with E-state index in [0.717, 1.165) is 18.8 Å². The van der Waals surface area contributed by atoms with Crippen LogP contribution in [0.4, 0.5) is 0 Å². The Morgan fingerprint density at radius 1 is 1.15 bits per heavy atom. The molecule has 0 heteroatoms. The molecule has 1 aliphatic rings. The summed E-state index contributed by atoms with van der Waals surface area (Å²) in [6, 6.07) is 6.83. The van der Waals surface area contributed by atoms with Crippen molar-refractivity contribution in [3.63, 3.8) is 0 Å². The maximum absolute atomic E-state index is 4.25. The smallest absolute Gasteiger partial charge is 0.0155 e. The number of benzene rings is 1. The number of hydrogen-bond acceptors (Lipinski definition) is 0. The van der Waals surface area contributed by atoms with Crippen LogP contribution in [0.1, 0.15) is 76.5 Å². The Balaban J connectivity index is 2.19. The van der Waals surface area contributed by atoms with E-state index in [1.165, 1.54) is 58.2 Å². The van der Waals surface area contributed by atoms with Gasteiger partial charge in [0.2, 0.25) is 0 Å². The van der Waals surface area contributed by atoms with Crippen molar-refractivity contribution in [3.8, 4) is 0 Å². The average molecular weight is 361 g/mol. The van der Waals surface area contributed by atoms with E-state index in [2.05, 4.69) is 89.8 Å². The van der Waals surface area contributed by atoms with Crippen molar-refractivity contribution in [2.75, 3.05) is 0 Å². The van der Waals surface area contributed by atoms with E-state index in [0.29, 0.717) is 0 Å². The molecule has 0 spiro atoms. The fourth-order valence-corrected chi connectivity index (χ4v) is 3.86. The monoisotopic (exact) mass is 360 g/mol. The van der Waals surface area contributed by atoms with Gasteiger partial charge in [-0.15, -0.1) is 0 Å². The van der Waals surface area contributed by atoms with Gasteiger partial charge in [-0.2, -0.15) is 0 Å². The van der Waals surface area contributed by atoms with E-state index < -0.39 is 0 Å². The van der Waals surface area contributed by atoms with Gasteiger partial charge in [0.25, 0.3) is 0 Å². The maximum Gasteiger partial charge on any atom is -0.0155 e. The number of hydrogen-bond donors (Lipinski definition) is 0. The van der Waals surface area contributed by atoms with Gasteiger partial charge in [-0.1, -0.05) is 86.9 Å². The van der Waals surface area contributed by atoms with Crippen LogP contribution in [-0.2, 0) is 0 Å². The predicted octanol–water partition coefficient (Wildman–Crippen LogP) is 8.46. The number of rotatable bonds is 8. The number of allylic oxidation sites excluding steroid dienone is 9. The van der Waals surface area contributed by atoms with Gasteiger partial charge in [-0.25, -0.2) is 0 Å². The van der Waals surface area contributed by atoms with E-state index in [1.54, 1.807) is 0 Å². The maximum atomic E-state index is 4.25. The summed E-state index contributed by atoms with van der Waals surface area (Å²) in [4.78, 5) is 0. The van der Waals surface area contributed by atoms with Crippen LogP contribution in [0.2, 0.25) is 0 Å². The molecule has 0 saturated heterocycles. The van der Waals surface area contributed by atoms with Gasteiger partial charge in [0, 0.05) is 0 Å². The van der Waals surface area contributed by atoms with Crippen molar-refractivity contribution in [2.45, 2.75) is 66.7 Å². The summed E-state index contributed by atoms with van der Waals surface area (Å²) < 4.78 is 0. The summed E-state index contributed by atoms with van der Waals surface area (Å²) >= 11 is 0. The first-order chi connectivity index (χ1) is 13.0. The molecule has 2 rings (SSSR count). The van der Waals surface area contributed by atoms with Gasteiger partial charge < -0.3 is 0 Å². The van der Waals surface area contributed by atoms with Crippen LogP contribution >= 0.6 is 0 Å². The lowest BCUT2D eigenvalue weighted by Crippen LogP contribution is -2.10. The van der Waals surface area contributed by atoms with Gasteiger partial charge in [0.1, 0.15) is 0 Å². The zero-order valence-electron chi connectivity index (χ0n) is 17.9. The molecule has 1 saturated carbocycles. The molecule has 1 aromatic carbocycles. The van der Waals surface area contributed by atoms with Gasteiger partial charge >= 0.3 is 0 Å². The predicted molar refractivity (Wildman–Crippen MR) is 123 cm³/mol. The van der Waals surface area contributed by atoms with Crippen LogP contribution in [0.25, 0.3) is 11.1 Å². The third kappa shape index (κ3) is 5.70. The topological polar surface area (TPSA) is 0 Å². The molecule has 1 aliphatic carbocycles. The molecule has 144 valence electrons. The second-order valence-electron chi connectivity index (χ2n) is 7.76. The zero-order chi connectivity index (χ0) is 19.8. The van der Waals surface area contributed by atoms with E-state index in [-0.39, 0.29) is 0 Å². The van der Waals surface area contributed by atoms with Gasteiger partial charge in [0.15, 0.2) is 0 Å². The van der Waals surface area contributed by atoms with Crippen LogP contribution in [-0.4, -0.2) is 0 Å². The third-order valence-electron chi connectivity index (χ3n) is 5.66. The molecule has 0 N–H and O–H groups in total. The standard InChI is InChI=1S/C27H36/c1-7-11-21(5)26(9-3)27-17-16-25(19-22(27)6)24(8-2)15-14-20(4)18-23-12-10-13-23/h8-9,11,14-17,19,23H,4,7,10,12-13,18H2,1-3,5-6H3/b15-14-,21-11-,24-8+,26-9+.